The highest BCUT2D eigenvalue weighted by Gasteiger charge is 2.21. The largest absolute Gasteiger partial charge is 0.206 e. The Labute approximate surface area is 208 Å². The summed E-state index contributed by atoms with van der Waals surface area (Å²) in [6.07, 6.45) is 15.1. The van der Waals surface area contributed by atoms with Crippen LogP contribution in [0.15, 0.2) is 54.6 Å². The second kappa shape index (κ2) is 11.9. The summed E-state index contributed by atoms with van der Waals surface area (Å²) in [5, 5.41) is 0.128. The molecule has 1 aliphatic carbocycles. The fourth-order valence-corrected chi connectivity index (χ4v) is 5.69. The molecule has 35 heavy (non-hydrogen) atoms. The summed E-state index contributed by atoms with van der Waals surface area (Å²) >= 11 is 0. The third-order valence-electron chi connectivity index (χ3n) is 7.78. The molecule has 3 aromatic rings. The van der Waals surface area contributed by atoms with Crippen molar-refractivity contribution in [2.24, 2.45) is 11.8 Å². The van der Waals surface area contributed by atoms with Crippen LogP contribution in [-0.2, 0) is 12.8 Å². The first-order valence-electron chi connectivity index (χ1n) is 13.3. The summed E-state index contributed by atoms with van der Waals surface area (Å²) in [7, 11) is 0. The van der Waals surface area contributed by atoms with Crippen molar-refractivity contribution in [2.75, 3.05) is 0 Å². The lowest BCUT2D eigenvalue weighted by Crippen LogP contribution is -2.15. The van der Waals surface area contributed by atoms with E-state index in [0.717, 1.165) is 18.3 Å². The molecule has 0 bridgehead atoms. The quantitative estimate of drug-likeness (QED) is 0.268. The molecule has 0 aliphatic heterocycles. The van der Waals surface area contributed by atoms with Crippen molar-refractivity contribution in [2.45, 2.75) is 78.1 Å². The van der Waals surface area contributed by atoms with Crippen LogP contribution in [0.5, 0.6) is 0 Å². The van der Waals surface area contributed by atoms with Gasteiger partial charge in [-0.25, -0.2) is 13.2 Å². The van der Waals surface area contributed by atoms with Gasteiger partial charge in [0.15, 0.2) is 11.6 Å². The van der Waals surface area contributed by atoms with E-state index in [1.54, 1.807) is 18.2 Å². The molecular weight excluding hydrogens is 441 g/mol. The van der Waals surface area contributed by atoms with Gasteiger partial charge in [-0.3, -0.25) is 0 Å². The molecule has 0 radical (unpaired) electrons. The van der Waals surface area contributed by atoms with Crippen LogP contribution in [0.25, 0.3) is 21.9 Å². The second-order valence-corrected chi connectivity index (χ2v) is 10.2. The van der Waals surface area contributed by atoms with Crippen LogP contribution in [0.2, 0.25) is 0 Å². The van der Waals surface area contributed by atoms with Crippen molar-refractivity contribution >= 4 is 10.8 Å². The van der Waals surface area contributed by atoms with Crippen molar-refractivity contribution in [3.8, 4) is 11.1 Å². The van der Waals surface area contributed by atoms with E-state index in [2.05, 4.69) is 6.92 Å². The van der Waals surface area contributed by atoms with Gasteiger partial charge < -0.3 is 0 Å². The van der Waals surface area contributed by atoms with Gasteiger partial charge in [-0.2, -0.15) is 0 Å². The molecule has 3 heteroatoms. The maximum absolute atomic E-state index is 15.4. The molecule has 0 aromatic heterocycles. The van der Waals surface area contributed by atoms with Crippen LogP contribution in [0, 0.1) is 29.3 Å². The van der Waals surface area contributed by atoms with Crippen molar-refractivity contribution in [1.29, 1.82) is 0 Å². The Morgan fingerprint density at radius 3 is 2.14 bits per heavy atom. The van der Waals surface area contributed by atoms with E-state index < -0.39 is 17.5 Å². The number of hydrogen-bond acceptors (Lipinski definition) is 0. The predicted molar refractivity (Wildman–Crippen MR) is 141 cm³/mol. The van der Waals surface area contributed by atoms with Gasteiger partial charge in [0.2, 0.25) is 0 Å². The molecule has 0 spiro atoms. The third-order valence-corrected chi connectivity index (χ3v) is 7.78. The Bertz CT molecular complexity index is 1150. The van der Waals surface area contributed by atoms with Gasteiger partial charge >= 0.3 is 0 Å². The molecule has 1 fully saturated rings. The van der Waals surface area contributed by atoms with E-state index in [4.69, 9.17) is 0 Å². The molecule has 0 N–H and O–H groups in total. The number of aryl methyl sites for hydroxylation is 2. The van der Waals surface area contributed by atoms with Crippen LogP contribution in [-0.4, -0.2) is 0 Å². The summed E-state index contributed by atoms with van der Waals surface area (Å²) in [6.45, 7) is 4.16. The molecule has 0 nitrogen and oxygen atoms in total. The SMILES string of the molecule is C/C=C/CCc1cc2ccc(-c3ccc(CCC4CCC(CCC)CC4)cc3)c(F)c2c(F)c1F. The number of allylic oxidation sites excluding steroid dienone is 2. The first-order valence-corrected chi connectivity index (χ1v) is 13.3. The zero-order valence-corrected chi connectivity index (χ0v) is 21.1. The molecule has 4 rings (SSSR count). The minimum absolute atomic E-state index is 0.266. The Morgan fingerprint density at radius 2 is 1.49 bits per heavy atom. The van der Waals surface area contributed by atoms with Gasteiger partial charge in [-0.1, -0.05) is 94.0 Å². The van der Waals surface area contributed by atoms with E-state index >= 15 is 4.39 Å². The van der Waals surface area contributed by atoms with Crippen LogP contribution >= 0.6 is 0 Å². The minimum Gasteiger partial charge on any atom is -0.206 e. The molecule has 0 saturated heterocycles. The second-order valence-electron chi connectivity index (χ2n) is 10.2. The summed E-state index contributed by atoms with van der Waals surface area (Å²) in [5.74, 6) is -1.01. The Hall–Kier alpha value is -2.55. The number of fused-ring (bicyclic) bond motifs is 1. The maximum atomic E-state index is 15.4. The van der Waals surface area contributed by atoms with Crippen LogP contribution in [0.3, 0.4) is 0 Å². The molecule has 0 heterocycles. The number of rotatable bonds is 9. The van der Waals surface area contributed by atoms with Gasteiger partial charge in [-0.05, 0) is 72.6 Å². The first kappa shape index (κ1) is 25.5. The molecule has 1 aliphatic rings. The maximum Gasteiger partial charge on any atom is 0.169 e. The lowest BCUT2D eigenvalue weighted by molar-refractivity contribution is 0.252. The highest BCUT2D eigenvalue weighted by molar-refractivity contribution is 5.89. The Morgan fingerprint density at radius 1 is 0.800 bits per heavy atom. The molecular formula is C32H37F3. The van der Waals surface area contributed by atoms with E-state index in [0.29, 0.717) is 29.4 Å². The van der Waals surface area contributed by atoms with E-state index in [1.165, 1.54) is 50.5 Å². The van der Waals surface area contributed by atoms with Crippen LogP contribution in [0.1, 0.15) is 76.3 Å². The van der Waals surface area contributed by atoms with Crippen molar-refractivity contribution < 1.29 is 13.2 Å². The molecule has 0 amide bonds. The summed E-state index contributed by atoms with van der Waals surface area (Å²) in [6, 6.07) is 12.8. The van der Waals surface area contributed by atoms with Crippen molar-refractivity contribution in [3.63, 3.8) is 0 Å². The van der Waals surface area contributed by atoms with E-state index in [-0.39, 0.29) is 10.9 Å². The lowest BCUT2D eigenvalue weighted by Gasteiger charge is -2.28. The highest BCUT2D eigenvalue weighted by atomic mass is 19.2. The smallest absolute Gasteiger partial charge is 0.169 e. The summed E-state index contributed by atoms with van der Waals surface area (Å²) in [4.78, 5) is 0. The molecule has 186 valence electrons. The van der Waals surface area contributed by atoms with Gasteiger partial charge in [0.1, 0.15) is 5.82 Å². The standard InChI is InChI=1S/C32H37F3/c1-3-5-6-8-27-21-26-19-20-28(31(34)29(26)32(35)30(27)33)25-17-15-24(16-18-25)14-13-23-11-9-22(7-4-2)10-12-23/h3,5,15-23H,4,6-14H2,1-2H3/b5-3+. The Kier molecular flexibility index (Phi) is 8.70. The van der Waals surface area contributed by atoms with Gasteiger partial charge in [0.05, 0.1) is 5.39 Å². The van der Waals surface area contributed by atoms with Crippen LogP contribution in [0.4, 0.5) is 13.2 Å². The average Bonchev–Trinajstić information content (AvgIpc) is 2.87. The summed E-state index contributed by atoms with van der Waals surface area (Å²) < 4.78 is 45.0. The monoisotopic (exact) mass is 478 g/mol. The normalized spacial score (nSPS) is 18.5. The Balaban J connectivity index is 1.47. The zero-order chi connectivity index (χ0) is 24.8. The van der Waals surface area contributed by atoms with E-state index in [9.17, 15) is 8.78 Å². The molecule has 0 atom stereocenters. The minimum atomic E-state index is -1.09. The zero-order valence-electron chi connectivity index (χ0n) is 21.1. The lowest BCUT2D eigenvalue weighted by atomic mass is 9.78. The fourth-order valence-electron chi connectivity index (χ4n) is 5.69. The molecule has 1 saturated carbocycles. The first-order chi connectivity index (χ1) is 17.0. The predicted octanol–water partition coefficient (Wildman–Crippen LogP) is 9.97. The van der Waals surface area contributed by atoms with Crippen LogP contribution < -0.4 is 0 Å². The number of halogens is 3. The topological polar surface area (TPSA) is 0 Å². The number of hydrogen-bond donors (Lipinski definition) is 0. The van der Waals surface area contributed by atoms with Gasteiger partial charge in [0, 0.05) is 5.56 Å². The molecule has 0 unspecified atom stereocenters. The molecule has 3 aromatic carbocycles. The van der Waals surface area contributed by atoms with Gasteiger partial charge in [-0.15, -0.1) is 0 Å². The highest BCUT2D eigenvalue weighted by Crippen LogP contribution is 2.35. The van der Waals surface area contributed by atoms with Gasteiger partial charge in [0.25, 0.3) is 0 Å². The van der Waals surface area contributed by atoms with Crippen molar-refractivity contribution in [3.05, 3.63) is 83.2 Å². The van der Waals surface area contributed by atoms with Crippen molar-refractivity contribution in [1.82, 2.24) is 0 Å². The van der Waals surface area contributed by atoms with E-state index in [1.807, 2.05) is 43.3 Å². The third kappa shape index (κ3) is 6.00. The summed E-state index contributed by atoms with van der Waals surface area (Å²) in [5.41, 5.74) is 2.51. The fraction of sp³-hybridized carbons (Fsp3) is 0.438. The number of benzene rings is 3. The average molecular weight is 479 g/mol.